The number of rotatable bonds is 6. The summed E-state index contributed by atoms with van der Waals surface area (Å²) in [5.41, 5.74) is 0.952. The van der Waals surface area contributed by atoms with Crippen LogP contribution in [0.4, 0.5) is 18.9 Å². The van der Waals surface area contributed by atoms with Crippen LogP contribution in [0, 0.1) is 6.92 Å². The van der Waals surface area contributed by atoms with Crippen LogP contribution in [0.1, 0.15) is 11.1 Å². The van der Waals surface area contributed by atoms with Gasteiger partial charge in [0.25, 0.3) is 0 Å². The van der Waals surface area contributed by atoms with Crippen LogP contribution in [-0.4, -0.2) is 31.4 Å². The standard InChI is InChI=1S/C23H18F3N5OS/c1-15-9-10-17(12-19(15)23(24,25)26)28-20(32)14-33-22-30-29-21(16-6-5-11-27-13-16)31(22)18-7-3-2-4-8-18/h2-13H,14H2,1H3,(H,28,32). The van der Waals surface area contributed by atoms with Gasteiger partial charge in [-0.05, 0) is 48.9 Å². The summed E-state index contributed by atoms with van der Waals surface area (Å²) in [6.45, 7) is 1.38. The fraction of sp³-hybridized carbons (Fsp3) is 0.130. The Morgan fingerprint density at radius 2 is 1.85 bits per heavy atom. The topological polar surface area (TPSA) is 72.7 Å². The minimum atomic E-state index is -4.49. The average molecular weight is 469 g/mol. The fourth-order valence-corrected chi connectivity index (χ4v) is 3.94. The SMILES string of the molecule is Cc1ccc(NC(=O)CSc2nnc(-c3cccnc3)n2-c2ccccc2)cc1C(F)(F)F. The van der Waals surface area contributed by atoms with Crippen LogP contribution in [0.2, 0.25) is 0 Å². The Kier molecular flexibility index (Phi) is 6.45. The molecule has 0 saturated heterocycles. The van der Waals surface area contributed by atoms with Crippen LogP contribution >= 0.6 is 11.8 Å². The number of para-hydroxylation sites is 1. The number of nitrogens with zero attached hydrogens (tertiary/aromatic N) is 4. The number of alkyl halides is 3. The minimum absolute atomic E-state index is 0.0623. The summed E-state index contributed by atoms with van der Waals surface area (Å²) in [4.78, 5) is 16.6. The molecule has 0 spiro atoms. The lowest BCUT2D eigenvalue weighted by Crippen LogP contribution is -2.16. The molecule has 0 atom stereocenters. The third-order valence-electron chi connectivity index (χ3n) is 4.73. The number of aromatic nitrogens is 4. The average Bonchev–Trinajstić information content (AvgIpc) is 3.23. The van der Waals surface area contributed by atoms with Crippen molar-refractivity contribution in [3.05, 3.63) is 84.2 Å². The highest BCUT2D eigenvalue weighted by Crippen LogP contribution is 2.33. The number of pyridine rings is 1. The van der Waals surface area contributed by atoms with E-state index >= 15 is 0 Å². The van der Waals surface area contributed by atoms with E-state index in [1.54, 1.807) is 18.5 Å². The molecule has 0 aliphatic rings. The van der Waals surface area contributed by atoms with Gasteiger partial charge < -0.3 is 5.32 Å². The quantitative estimate of drug-likeness (QED) is 0.384. The molecule has 0 aliphatic carbocycles. The van der Waals surface area contributed by atoms with Gasteiger partial charge in [0.05, 0.1) is 11.3 Å². The lowest BCUT2D eigenvalue weighted by Gasteiger charge is -2.13. The zero-order valence-electron chi connectivity index (χ0n) is 17.4. The molecule has 0 saturated carbocycles. The van der Waals surface area contributed by atoms with Gasteiger partial charge in [0, 0.05) is 29.3 Å². The molecule has 0 unspecified atom stereocenters. The molecule has 33 heavy (non-hydrogen) atoms. The maximum atomic E-state index is 13.1. The van der Waals surface area contributed by atoms with E-state index in [1.807, 2.05) is 41.0 Å². The molecule has 0 aliphatic heterocycles. The van der Waals surface area contributed by atoms with Gasteiger partial charge in [-0.3, -0.25) is 14.3 Å². The van der Waals surface area contributed by atoms with E-state index in [4.69, 9.17) is 0 Å². The molecule has 4 aromatic rings. The highest BCUT2D eigenvalue weighted by atomic mass is 32.2. The van der Waals surface area contributed by atoms with Crippen LogP contribution in [0.3, 0.4) is 0 Å². The molecule has 168 valence electrons. The number of nitrogens with one attached hydrogen (secondary N) is 1. The highest BCUT2D eigenvalue weighted by Gasteiger charge is 2.32. The van der Waals surface area contributed by atoms with Gasteiger partial charge in [-0.1, -0.05) is 36.0 Å². The number of hydrogen-bond donors (Lipinski definition) is 1. The number of aryl methyl sites for hydroxylation is 1. The van der Waals surface area contributed by atoms with E-state index in [-0.39, 0.29) is 17.0 Å². The molecule has 2 heterocycles. The second-order valence-electron chi connectivity index (χ2n) is 7.08. The highest BCUT2D eigenvalue weighted by molar-refractivity contribution is 7.99. The normalized spacial score (nSPS) is 11.4. The van der Waals surface area contributed by atoms with Crippen LogP contribution in [0.25, 0.3) is 17.1 Å². The van der Waals surface area contributed by atoms with Gasteiger partial charge in [0.15, 0.2) is 11.0 Å². The van der Waals surface area contributed by atoms with Gasteiger partial charge in [-0.2, -0.15) is 13.2 Å². The lowest BCUT2D eigenvalue weighted by atomic mass is 10.1. The Bertz CT molecular complexity index is 1260. The maximum absolute atomic E-state index is 13.1. The molecule has 2 aromatic carbocycles. The first-order chi connectivity index (χ1) is 15.8. The summed E-state index contributed by atoms with van der Waals surface area (Å²) >= 11 is 1.13. The van der Waals surface area contributed by atoms with Crippen molar-refractivity contribution in [2.45, 2.75) is 18.3 Å². The summed E-state index contributed by atoms with van der Waals surface area (Å²) in [5, 5.41) is 11.5. The molecule has 0 bridgehead atoms. The number of carbonyl (C=O) groups is 1. The number of anilines is 1. The van der Waals surface area contributed by atoms with Gasteiger partial charge >= 0.3 is 6.18 Å². The molecule has 1 N–H and O–H groups in total. The van der Waals surface area contributed by atoms with Crippen molar-refractivity contribution in [3.8, 4) is 17.1 Å². The number of amides is 1. The number of hydrogen-bond acceptors (Lipinski definition) is 5. The summed E-state index contributed by atoms with van der Waals surface area (Å²) in [5.74, 6) is 0.0424. The van der Waals surface area contributed by atoms with Crippen molar-refractivity contribution < 1.29 is 18.0 Å². The Morgan fingerprint density at radius 3 is 2.55 bits per heavy atom. The van der Waals surface area contributed by atoms with E-state index in [9.17, 15) is 18.0 Å². The first-order valence-corrected chi connectivity index (χ1v) is 10.8. The fourth-order valence-electron chi connectivity index (χ4n) is 3.19. The Morgan fingerprint density at radius 1 is 1.06 bits per heavy atom. The summed E-state index contributed by atoms with van der Waals surface area (Å²) in [6.07, 6.45) is -1.17. The van der Waals surface area contributed by atoms with E-state index < -0.39 is 17.6 Å². The van der Waals surface area contributed by atoms with E-state index in [0.29, 0.717) is 11.0 Å². The van der Waals surface area contributed by atoms with Crippen LogP contribution in [0.15, 0.2) is 78.2 Å². The molecule has 2 aromatic heterocycles. The molecule has 1 amide bonds. The second kappa shape index (κ2) is 9.45. The predicted molar refractivity (Wildman–Crippen MR) is 120 cm³/mol. The summed E-state index contributed by atoms with van der Waals surface area (Å²) < 4.78 is 41.2. The van der Waals surface area contributed by atoms with Crippen molar-refractivity contribution in [1.82, 2.24) is 19.7 Å². The zero-order chi connectivity index (χ0) is 23.4. The van der Waals surface area contributed by atoms with Gasteiger partial charge in [-0.25, -0.2) is 0 Å². The number of benzene rings is 2. The molecular formula is C23H18F3N5OS. The second-order valence-corrected chi connectivity index (χ2v) is 8.03. The molecule has 0 fully saturated rings. The van der Waals surface area contributed by atoms with E-state index in [1.165, 1.54) is 19.1 Å². The third kappa shape index (κ3) is 5.23. The van der Waals surface area contributed by atoms with Crippen LogP contribution in [-0.2, 0) is 11.0 Å². The molecule has 6 nitrogen and oxygen atoms in total. The van der Waals surface area contributed by atoms with Crippen molar-refractivity contribution >= 4 is 23.4 Å². The number of carbonyl (C=O) groups excluding carboxylic acids is 1. The summed E-state index contributed by atoms with van der Waals surface area (Å²) in [6, 6.07) is 16.8. The maximum Gasteiger partial charge on any atom is 0.416 e. The van der Waals surface area contributed by atoms with Crippen molar-refractivity contribution in [1.29, 1.82) is 0 Å². The van der Waals surface area contributed by atoms with Crippen LogP contribution in [0.5, 0.6) is 0 Å². The zero-order valence-corrected chi connectivity index (χ0v) is 18.2. The Balaban J connectivity index is 1.54. The van der Waals surface area contributed by atoms with Crippen molar-refractivity contribution in [3.63, 3.8) is 0 Å². The first-order valence-electron chi connectivity index (χ1n) is 9.84. The Labute approximate surface area is 191 Å². The lowest BCUT2D eigenvalue weighted by molar-refractivity contribution is -0.138. The molecular weight excluding hydrogens is 451 g/mol. The van der Waals surface area contributed by atoms with Gasteiger partial charge in [-0.15, -0.1) is 10.2 Å². The van der Waals surface area contributed by atoms with Gasteiger partial charge in [0.2, 0.25) is 5.91 Å². The molecule has 0 radical (unpaired) electrons. The largest absolute Gasteiger partial charge is 0.416 e. The predicted octanol–water partition coefficient (Wildman–Crippen LogP) is 5.39. The smallest absolute Gasteiger partial charge is 0.325 e. The summed E-state index contributed by atoms with van der Waals surface area (Å²) in [7, 11) is 0. The van der Waals surface area contributed by atoms with E-state index in [0.717, 1.165) is 29.1 Å². The first kappa shape index (κ1) is 22.5. The van der Waals surface area contributed by atoms with Crippen molar-refractivity contribution in [2.24, 2.45) is 0 Å². The minimum Gasteiger partial charge on any atom is -0.325 e. The monoisotopic (exact) mass is 469 g/mol. The Hall–Kier alpha value is -3.66. The molecule has 10 heteroatoms. The van der Waals surface area contributed by atoms with Gasteiger partial charge in [0.1, 0.15) is 0 Å². The number of halogens is 3. The molecule has 4 rings (SSSR count). The van der Waals surface area contributed by atoms with Crippen molar-refractivity contribution in [2.75, 3.05) is 11.1 Å². The third-order valence-corrected chi connectivity index (χ3v) is 5.66. The number of thioether (sulfide) groups is 1. The van der Waals surface area contributed by atoms with E-state index in [2.05, 4.69) is 20.5 Å². The van der Waals surface area contributed by atoms with Crippen LogP contribution < -0.4 is 5.32 Å².